The van der Waals surface area contributed by atoms with Crippen LogP contribution in [0.2, 0.25) is 0 Å². The normalized spacial score (nSPS) is 10.7. The van der Waals surface area contributed by atoms with Crippen molar-refractivity contribution in [3.05, 3.63) is 65.7 Å². The van der Waals surface area contributed by atoms with Gasteiger partial charge in [0.1, 0.15) is 0 Å². The standard InChI is InChI=1S/C20H19F2NO5/c1-26-16-9-5-8-15(19(16)28-20(21)22)10-11-18(25)27-13-17(24)23-12-14-6-3-2-4-7-14/h2-11,20H,12-13H2,1H3,(H,23,24)/b11-10+. The van der Waals surface area contributed by atoms with E-state index in [1.165, 1.54) is 25.3 Å². The summed E-state index contributed by atoms with van der Waals surface area (Å²) in [5.41, 5.74) is 1.11. The van der Waals surface area contributed by atoms with Crippen LogP contribution in [-0.2, 0) is 20.9 Å². The topological polar surface area (TPSA) is 73.9 Å². The average Bonchev–Trinajstić information content (AvgIpc) is 2.70. The van der Waals surface area contributed by atoms with E-state index < -0.39 is 25.1 Å². The molecule has 0 radical (unpaired) electrons. The summed E-state index contributed by atoms with van der Waals surface area (Å²) in [6.07, 6.45) is 2.25. The number of amides is 1. The van der Waals surface area contributed by atoms with Gasteiger partial charge in [-0.1, -0.05) is 42.5 Å². The summed E-state index contributed by atoms with van der Waals surface area (Å²) in [4.78, 5) is 23.5. The maximum atomic E-state index is 12.6. The van der Waals surface area contributed by atoms with Crippen molar-refractivity contribution in [1.82, 2.24) is 5.32 Å². The number of alkyl halides is 2. The molecule has 0 fully saturated rings. The Bertz CT molecular complexity index is 825. The Morgan fingerprint density at radius 3 is 2.54 bits per heavy atom. The van der Waals surface area contributed by atoms with Gasteiger partial charge in [0.25, 0.3) is 5.91 Å². The smallest absolute Gasteiger partial charge is 0.387 e. The summed E-state index contributed by atoms with van der Waals surface area (Å²) in [6.45, 7) is -3.21. The van der Waals surface area contributed by atoms with E-state index in [2.05, 4.69) is 10.1 Å². The largest absolute Gasteiger partial charge is 0.493 e. The third kappa shape index (κ3) is 6.71. The average molecular weight is 391 g/mol. The van der Waals surface area contributed by atoms with E-state index in [-0.39, 0.29) is 17.1 Å². The molecule has 0 atom stereocenters. The van der Waals surface area contributed by atoms with Gasteiger partial charge in [-0.2, -0.15) is 8.78 Å². The second-order valence-corrected chi connectivity index (χ2v) is 5.46. The number of ether oxygens (including phenoxy) is 3. The van der Waals surface area contributed by atoms with E-state index in [1.54, 1.807) is 6.07 Å². The number of carbonyl (C=O) groups excluding carboxylic acids is 2. The molecular formula is C20H19F2NO5. The molecule has 2 rings (SSSR count). The highest BCUT2D eigenvalue weighted by molar-refractivity contribution is 5.89. The van der Waals surface area contributed by atoms with E-state index in [0.717, 1.165) is 11.6 Å². The summed E-state index contributed by atoms with van der Waals surface area (Å²) in [7, 11) is 1.31. The molecule has 0 unspecified atom stereocenters. The molecule has 6 nitrogen and oxygen atoms in total. The first kappa shape index (κ1) is 20.9. The van der Waals surface area contributed by atoms with E-state index in [0.29, 0.717) is 6.54 Å². The maximum absolute atomic E-state index is 12.6. The van der Waals surface area contributed by atoms with Crippen LogP contribution in [0.3, 0.4) is 0 Å². The van der Waals surface area contributed by atoms with Crippen LogP contribution >= 0.6 is 0 Å². The van der Waals surface area contributed by atoms with Crippen molar-refractivity contribution < 1.29 is 32.6 Å². The minimum absolute atomic E-state index is 0.0936. The Kier molecular flexibility index (Phi) is 7.95. The highest BCUT2D eigenvalue weighted by atomic mass is 19.3. The van der Waals surface area contributed by atoms with Gasteiger partial charge in [-0.05, 0) is 17.7 Å². The zero-order valence-corrected chi connectivity index (χ0v) is 15.1. The summed E-state index contributed by atoms with van der Waals surface area (Å²) in [6, 6.07) is 13.7. The number of nitrogens with one attached hydrogen (secondary N) is 1. The fourth-order valence-corrected chi connectivity index (χ4v) is 2.23. The number of benzene rings is 2. The molecule has 8 heteroatoms. The van der Waals surface area contributed by atoms with E-state index in [4.69, 9.17) is 9.47 Å². The summed E-state index contributed by atoms with van der Waals surface area (Å²) >= 11 is 0. The lowest BCUT2D eigenvalue weighted by atomic mass is 10.1. The molecule has 0 aliphatic rings. The van der Waals surface area contributed by atoms with E-state index in [1.807, 2.05) is 30.3 Å². The van der Waals surface area contributed by atoms with E-state index >= 15 is 0 Å². The lowest BCUT2D eigenvalue weighted by Crippen LogP contribution is -2.28. The highest BCUT2D eigenvalue weighted by Crippen LogP contribution is 2.33. The first-order valence-electron chi connectivity index (χ1n) is 8.27. The van der Waals surface area contributed by atoms with Crippen LogP contribution in [0.15, 0.2) is 54.6 Å². The molecule has 0 bridgehead atoms. The zero-order valence-electron chi connectivity index (χ0n) is 15.1. The van der Waals surface area contributed by atoms with Crippen molar-refractivity contribution in [2.75, 3.05) is 13.7 Å². The molecule has 2 aromatic carbocycles. The molecular weight excluding hydrogens is 372 g/mol. The third-order valence-electron chi connectivity index (χ3n) is 3.51. The number of rotatable bonds is 9. The Morgan fingerprint density at radius 1 is 1.11 bits per heavy atom. The van der Waals surface area contributed by atoms with Crippen LogP contribution in [-0.4, -0.2) is 32.2 Å². The fourth-order valence-electron chi connectivity index (χ4n) is 2.23. The van der Waals surface area contributed by atoms with Crippen molar-refractivity contribution in [2.24, 2.45) is 0 Å². The second-order valence-electron chi connectivity index (χ2n) is 5.46. The lowest BCUT2D eigenvalue weighted by Gasteiger charge is -2.12. The fraction of sp³-hybridized carbons (Fsp3) is 0.200. The van der Waals surface area contributed by atoms with Crippen LogP contribution in [0, 0.1) is 0 Å². The second kappa shape index (κ2) is 10.7. The minimum Gasteiger partial charge on any atom is -0.493 e. The molecule has 0 saturated heterocycles. The van der Waals surface area contributed by atoms with Crippen molar-refractivity contribution >= 4 is 18.0 Å². The Labute approximate surface area is 160 Å². The lowest BCUT2D eigenvalue weighted by molar-refractivity contribution is -0.143. The van der Waals surface area contributed by atoms with Gasteiger partial charge >= 0.3 is 12.6 Å². The molecule has 0 heterocycles. The van der Waals surface area contributed by atoms with Gasteiger partial charge in [-0.15, -0.1) is 0 Å². The van der Waals surface area contributed by atoms with Gasteiger partial charge in [0.05, 0.1) is 7.11 Å². The quantitative estimate of drug-likeness (QED) is 0.525. The molecule has 0 saturated carbocycles. The van der Waals surface area contributed by atoms with Gasteiger partial charge in [-0.3, -0.25) is 4.79 Å². The Balaban J connectivity index is 1.88. The Hall–Kier alpha value is -3.42. The predicted octanol–water partition coefficient (Wildman–Crippen LogP) is 3.17. The monoisotopic (exact) mass is 391 g/mol. The number of carbonyl (C=O) groups is 2. The van der Waals surface area contributed by atoms with Crippen LogP contribution < -0.4 is 14.8 Å². The third-order valence-corrected chi connectivity index (χ3v) is 3.51. The molecule has 28 heavy (non-hydrogen) atoms. The zero-order chi connectivity index (χ0) is 20.4. The molecule has 0 aliphatic heterocycles. The van der Waals surface area contributed by atoms with E-state index in [9.17, 15) is 18.4 Å². The molecule has 0 spiro atoms. The summed E-state index contributed by atoms with van der Waals surface area (Å²) < 4.78 is 39.4. The number of para-hydroxylation sites is 1. The number of esters is 1. The molecule has 2 aromatic rings. The first-order valence-corrected chi connectivity index (χ1v) is 8.27. The number of hydrogen-bond acceptors (Lipinski definition) is 5. The van der Waals surface area contributed by atoms with Crippen molar-refractivity contribution in [1.29, 1.82) is 0 Å². The molecule has 0 aromatic heterocycles. The number of hydrogen-bond donors (Lipinski definition) is 1. The molecule has 0 aliphatic carbocycles. The Morgan fingerprint density at radius 2 is 1.86 bits per heavy atom. The highest BCUT2D eigenvalue weighted by Gasteiger charge is 2.14. The summed E-state index contributed by atoms with van der Waals surface area (Å²) in [5, 5.41) is 2.61. The van der Waals surface area contributed by atoms with Crippen molar-refractivity contribution in [2.45, 2.75) is 13.2 Å². The van der Waals surface area contributed by atoms with Crippen molar-refractivity contribution in [3.8, 4) is 11.5 Å². The first-order chi connectivity index (χ1) is 13.5. The van der Waals surface area contributed by atoms with Crippen molar-refractivity contribution in [3.63, 3.8) is 0 Å². The van der Waals surface area contributed by atoms with Gasteiger partial charge in [0.2, 0.25) is 0 Å². The van der Waals surface area contributed by atoms with Crippen LogP contribution in [0.1, 0.15) is 11.1 Å². The van der Waals surface area contributed by atoms with Gasteiger partial charge < -0.3 is 19.5 Å². The van der Waals surface area contributed by atoms with Gasteiger partial charge in [0.15, 0.2) is 18.1 Å². The SMILES string of the molecule is COc1cccc(/C=C/C(=O)OCC(=O)NCc2ccccc2)c1OC(F)F. The summed E-state index contributed by atoms with van der Waals surface area (Å²) in [5.74, 6) is -1.38. The van der Waals surface area contributed by atoms with Crippen LogP contribution in [0.5, 0.6) is 11.5 Å². The molecule has 1 amide bonds. The maximum Gasteiger partial charge on any atom is 0.387 e. The predicted molar refractivity (Wildman–Crippen MR) is 97.9 cm³/mol. The van der Waals surface area contributed by atoms with Gasteiger partial charge in [0, 0.05) is 18.2 Å². The number of halogens is 2. The van der Waals surface area contributed by atoms with Crippen LogP contribution in [0.4, 0.5) is 8.78 Å². The van der Waals surface area contributed by atoms with Crippen LogP contribution in [0.25, 0.3) is 6.08 Å². The molecule has 1 N–H and O–H groups in total. The minimum atomic E-state index is -3.05. The molecule has 148 valence electrons. The van der Waals surface area contributed by atoms with Gasteiger partial charge in [-0.25, -0.2) is 4.79 Å². The number of methoxy groups -OCH3 is 1.